The third kappa shape index (κ3) is 3.74. The number of benzene rings is 1. The summed E-state index contributed by atoms with van der Waals surface area (Å²) in [4.78, 5) is 11.5. The summed E-state index contributed by atoms with van der Waals surface area (Å²) in [5.41, 5.74) is 7.65. The van der Waals surface area contributed by atoms with E-state index >= 15 is 0 Å². The minimum atomic E-state index is 0.508. The highest BCUT2D eigenvalue weighted by atomic mass is 32.1. The number of thiocarbonyl (C=S) groups is 1. The Labute approximate surface area is 124 Å². The van der Waals surface area contributed by atoms with Crippen LogP contribution in [0.3, 0.4) is 0 Å². The molecule has 2 aromatic rings. The highest BCUT2D eigenvalue weighted by Gasteiger charge is 2.12. The van der Waals surface area contributed by atoms with Crippen molar-refractivity contribution in [3.05, 3.63) is 47.9 Å². The zero-order valence-electron chi connectivity index (χ0n) is 11.7. The molecule has 0 spiro atoms. The van der Waals surface area contributed by atoms with Gasteiger partial charge < -0.3 is 10.6 Å². The Bertz CT molecular complexity index is 578. The fourth-order valence-electron chi connectivity index (χ4n) is 2.04. The molecule has 0 amide bonds. The van der Waals surface area contributed by atoms with Crippen LogP contribution in [0.5, 0.6) is 0 Å². The first-order valence-corrected chi connectivity index (χ1v) is 6.90. The summed E-state index contributed by atoms with van der Waals surface area (Å²) in [6, 6.07) is 12.1. The van der Waals surface area contributed by atoms with Crippen molar-refractivity contribution in [2.45, 2.75) is 20.3 Å². The number of aryl methyl sites for hydroxylation is 2. The van der Waals surface area contributed by atoms with Crippen LogP contribution < -0.4 is 10.6 Å². The molecule has 0 radical (unpaired) electrons. The largest absolute Gasteiger partial charge is 0.393 e. The van der Waals surface area contributed by atoms with Crippen LogP contribution >= 0.6 is 12.2 Å². The molecule has 1 heterocycles. The molecule has 0 saturated heterocycles. The zero-order valence-corrected chi connectivity index (χ0v) is 12.5. The molecule has 0 aliphatic heterocycles. The lowest BCUT2D eigenvalue weighted by molar-refractivity contribution is 0.910. The third-order valence-electron chi connectivity index (χ3n) is 2.88. The lowest BCUT2D eigenvalue weighted by atomic mass is 10.2. The van der Waals surface area contributed by atoms with Crippen molar-refractivity contribution in [2.75, 3.05) is 11.4 Å². The molecular weight excluding hydrogens is 268 g/mol. The Balaban J connectivity index is 2.37. The second-order valence-corrected chi connectivity index (χ2v) is 5.14. The highest BCUT2D eigenvalue weighted by molar-refractivity contribution is 7.80. The minimum absolute atomic E-state index is 0.508. The van der Waals surface area contributed by atoms with Gasteiger partial charge in [0.25, 0.3) is 0 Å². The van der Waals surface area contributed by atoms with Crippen molar-refractivity contribution in [3.8, 4) is 0 Å². The topological polar surface area (TPSA) is 55.0 Å². The maximum absolute atomic E-state index is 5.63. The van der Waals surface area contributed by atoms with Gasteiger partial charge in [0.05, 0.1) is 4.99 Å². The number of nitrogens with two attached hydrogens (primary N) is 1. The summed E-state index contributed by atoms with van der Waals surface area (Å²) in [6.45, 7) is 4.57. The van der Waals surface area contributed by atoms with Crippen molar-refractivity contribution in [3.63, 3.8) is 0 Å². The van der Waals surface area contributed by atoms with Crippen molar-refractivity contribution < 1.29 is 0 Å². The molecule has 5 heteroatoms. The third-order valence-corrected chi connectivity index (χ3v) is 3.08. The first kappa shape index (κ1) is 14.4. The maximum atomic E-state index is 5.63. The van der Waals surface area contributed by atoms with Gasteiger partial charge in [0.1, 0.15) is 11.6 Å². The number of anilines is 2. The summed E-state index contributed by atoms with van der Waals surface area (Å²) in [7, 11) is 0. The van der Waals surface area contributed by atoms with E-state index < -0.39 is 0 Å². The van der Waals surface area contributed by atoms with Gasteiger partial charge >= 0.3 is 0 Å². The van der Waals surface area contributed by atoms with Crippen LogP contribution in [-0.4, -0.2) is 21.5 Å². The van der Waals surface area contributed by atoms with E-state index in [9.17, 15) is 0 Å². The molecule has 0 saturated carbocycles. The molecular formula is C15H18N4S. The summed E-state index contributed by atoms with van der Waals surface area (Å²) >= 11 is 4.98. The second-order valence-electron chi connectivity index (χ2n) is 4.62. The molecule has 104 valence electrons. The number of para-hydroxylation sites is 1. The van der Waals surface area contributed by atoms with E-state index in [2.05, 4.69) is 14.9 Å². The molecule has 4 nitrogen and oxygen atoms in total. The van der Waals surface area contributed by atoms with E-state index in [1.165, 1.54) is 0 Å². The number of aromatic nitrogens is 2. The summed E-state index contributed by atoms with van der Waals surface area (Å²) < 4.78 is 0. The van der Waals surface area contributed by atoms with Crippen molar-refractivity contribution >= 4 is 28.7 Å². The SMILES string of the molecule is Cc1cc(N(CCC(N)=S)c2ccccc2)nc(C)n1. The molecule has 2 N–H and O–H groups in total. The molecule has 2 rings (SSSR count). The predicted molar refractivity (Wildman–Crippen MR) is 86.4 cm³/mol. The van der Waals surface area contributed by atoms with Gasteiger partial charge in [-0.05, 0) is 26.0 Å². The summed E-state index contributed by atoms with van der Waals surface area (Å²) in [6.07, 6.45) is 0.645. The fraction of sp³-hybridized carbons (Fsp3) is 0.267. The lowest BCUT2D eigenvalue weighted by Gasteiger charge is -2.24. The van der Waals surface area contributed by atoms with Gasteiger partial charge in [-0.15, -0.1) is 0 Å². The number of hydrogen-bond donors (Lipinski definition) is 1. The van der Waals surface area contributed by atoms with Crippen molar-refractivity contribution in [2.24, 2.45) is 5.73 Å². The smallest absolute Gasteiger partial charge is 0.136 e. The normalized spacial score (nSPS) is 10.3. The second kappa shape index (κ2) is 6.43. The molecule has 0 unspecified atom stereocenters. The Morgan fingerprint density at radius 2 is 1.90 bits per heavy atom. The number of nitrogens with zero attached hydrogens (tertiary/aromatic N) is 3. The standard InChI is InChI=1S/C15H18N4S/c1-11-10-15(18-12(2)17-11)19(9-8-14(16)20)13-6-4-3-5-7-13/h3-7,10H,8-9H2,1-2H3,(H2,16,20). The Morgan fingerprint density at radius 3 is 2.50 bits per heavy atom. The Morgan fingerprint density at radius 1 is 1.20 bits per heavy atom. The highest BCUT2D eigenvalue weighted by Crippen LogP contribution is 2.24. The van der Waals surface area contributed by atoms with Crippen LogP contribution in [0.15, 0.2) is 36.4 Å². The molecule has 0 aliphatic rings. The van der Waals surface area contributed by atoms with E-state index in [-0.39, 0.29) is 0 Å². The van der Waals surface area contributed by atoms with Gasteiger partial charge in [-0.3, -0.25) is 0 Å². The first-order chi connectivity index (χ1) is 9.56. The van der Waals surface area contributed by atoms with Crippen LogP contribution in [0.25, 0.3) is 0 Å². The number of rotatable bonds is 5. The zero-order chi connectivity index (χ0) is 14.5. The fourth-order valence-corrected chi connectivity index (χ4v) is 2.13. The summed E-state index contributed by atoms with van der Waals surface area (Å²) in [5, 5.41) is 0. The van der Waals surface area contributed by atoms with Crippen LogP contribution in [0.1, 0.15) is 17.9 Å². The van der Waals surface area contributed by atoms with Gasteiger partial charge in [0.15, 0.2) is 0 Å². The molecule has 1 aromatic carbocycles. The maximum Gasteiger partial charge on any atom is 0.136 e. The summed E-state index contributed by atoms with van der Waals surface area (Å²) in [5.74, 6) is 1.63. The van der Waals surface area contributed by atoms with E-state index in [1.54, 1.807) is 0 Å². The van der Waals surface area contributed by atoms with Gasteiger partial charge in [0, 0.05) is 30.4 Å². The van der Waals surface area contributed by atoms with Crippen LogP contribution in [0.4, 0.5) is 11.5 Å². The number of hydrogen-bond acceptors (Lipinski definition) is 4. The van der Waals surface area contributed by atoms with Crippen LogP contribution in [-0.2, 0) is 0 Å². The van der Waals surface area contributed by atoms with E-state index in [4.69, 9.17) is 18.0 Å². The van der Waals surface area contributed by atoms with Gasteiger partial charge in [-0.2, -0.15) is 0 Å². The van der Waals surface area contributed by atoms with E-state index in [1.807, 2.05) is 50.2 Å². The Kier molecular flexibility index (Phi) is 4.63. The molecule has 20 heavy (non-hydrogen) atoms. The quantitative estimate of drug-likeness (QED) is 0.857. The van der Waals surface area contributed by atoms with Gasteiger partial charge in [-0.25, -0.2) is 9.97 Å². The van der Waals surface area contributed by atoms with Crippen LogP contribution in [0.2, 0.25) is 0 Å². The molecule has 0 atom stereocenters. The van der Waals surface area contributed by atoms with Crippen LogP contribution in [0, 0.1) is 13.8 Å². The van der Waals surface area contributed by atoms with Crippen molar-refractivity contribution in [1.82, 2.24) is 9.97 Å². The molecule has 0 bridgehead atoms. The van der Waals surface area contributed by atoms with E-state index in [0.29, 0.717) is 18.0 Å². The predicted octanol–water partition coefficient (Wildman–Crippen LogP) is 2.91. The van der Waals surface area contributed by atoms with Gasteiger partial charge in [-0.1, -0.05) is 30.4 Å². The molecule has 0 fully saturated rings. The van der Waals surface area contributed by atoms with Gasteiger partial charge in [0.2, 0.25) is 0 Å². The molecule has 1 aromatic heterocycles. The monoisotopic (exact) mass is 286 g/mol. The Hall–Kier alpha value is -2.01. The average molecular weight is 286 g/mol. The van der Waals surface area contributed by atoms with E-state index in [0.717, 1.165) is 23.0 Å². The first-order valence-electron chi connectivity index (χ1n) is 6.49. The molecule has 0 aliphatic carbocycles. The minimum Gasteiger partial charge on any atom is -0.393 e. The average Bonchev–Trinajstić information content (AvgIpc) is 2.38. The lowest BCUT2D eigenvalue weighted by Crippen LogP contribution is -2.24. The van der Waals surface area contributed by atoms with Crippen molar-refractivity contribution in [1.29, 1.82) is 0 Å².